The van der Waals surface area contributed by atoms with E-state index in [4.69, 9.17) is 0 Å². The average molecular weight is 501 g/mol. The van der Waals surface area contributed by atoms with Crippen LogP contribution in [0.25, 0.3) is 0 Å². The van der Waals surface area contributed by atoms with Gasteiger partial charge in [0.25, 0.3) is 0 Å². The van der Waals surface area contributed by atoms with Crippen LogP contribution in [0, 0.1) is 6.92 Å². The van der Waals surface area contributed by atoms with Gasteiger partial charge in [-0.05, 0) is 12.5 Å². The Morgan fingerprint density at radius 3 is 2.46 bits per heavy atom. The highest BCUT2D eigenvalue weighted by molar-refractivity contribution is 14.0. The molecule has 0 spiro atoms. The summed E-state index contributed by atoms with van der Waals surface area (Å²) >= 11 is 1.60. The minimum absolute atomic E-state index is 0. The van der Waals surface area contributed by atoms with Crippen molar-refractivity contribution in [2.45, 2.75) is 26.2 Å². The fraction of sp³-hybridized carbons (Fsp3) is 0.400. The molecule has 26 heavy (non-hydrogen) atoms. The van der Waals surface area contributed by atoms with Gasteiger partial charge in [-0.15, -0.1) is 35.3 Å². The minimum atomic E-state index is -4.38. The number of halogens is 4. The van der Waals surface area contributed by atoms with Crippen LogP contribution in [0.15, 0.2) is 29.5 Å². The molecule has 2 heterocycles. The molecular weight excluding hydrogens is 482 g/mol. The molecule has 144 valence electrons. The molecule has 0 amide bonds. The molecule has 2 N–H and O–H groups in total. The highest BCUT2D eigenvalue weighted by Gasteiger charge is 2.28. The first kappa shape index (κ1) is 22.4. The summed E-state index contributed by atoms with van der Waals surface area (Å²) in [6, 6.07) is 3.04. The highest BCUT2D eigenvalue weighted by Crippen LogP contribution is 2.17. The Hall–Kier alpha value is -1.63. The lowest BCUT2D eigenvalue weighted by Gasteiger charge is -2.11. The van der Waals surface area contributed by atoms with Crippen molar-refractivity contribution < 1.29 is 17.9 Å². The molecule has 0 saturated heterocycles. The molecule has 0 saturated carbocycles. The topological polar surface area (TPSA) is 71.4 Å². The predicted molar refractivity (Wildman–Crippen MR) is 105 cm³/mol. The Morgan fingerprint density at radius 2 is 1.92 bits per heavy atom. The van der Waals surface area contributed by atoms with Crippen molar-refractivity contribution in [1.29, 1.82) is 0 Å². The van der Waals surface area contributed by atoms with E-state index in [0.717, 1.165) is 15.4 Å². The summed E-state index contributed by atoms with van der Waals surface area (Å²) < 4.78 is 40.8. The van der Waals surface area contributed by atoms with Crippen LogP contribution in [0.2, 0.25) is 0 Å². The van der Waals surface area contributed by atoms with E-state index in [1.165, 1.54) is 12.3 Å². The van der Waals surface area contributed by atoms with E-state index in [1.807, 2.05) is 13.1 Å². The van der Waals surface area contributed by atoms with Crippen molar-refractivity contribution in [3.63, 3.8) is 0 Å². The van der Waals surface area contributed by atoms with Crippen molar-refractivity contribution in [2.75, 3.05) is 13.7 Å². The number of alkyl halides is 3. The van der Waals surface area contributed by atoms with E-state index in [-0.39, 0.29) is 29.9 Å². The summed E-state index contributed by atoms with van der Waals surface area (Å²) in [7, 11) is 1.65. The van der Waals surface area contributed by atoms with E-state index in [1.54, 1.807) is 24.5 Å². The number of aliphatic imine (C=N–C) groups is 1. The van der Waals surface area contributed by atoms with Crippen molar-refractivity contribution in [3.05, 3.63) is 40.0 Å². The van der Waals surface area contributed by atoms with Gasteiger partial charge >= 0.3 is 6.18 Å². The van der Waals surface area contributed by atoms with Gasteiger partial charge in [0.05, 0.1) is 6.54 Å². The van der Waals surface area contributed by atoms with Gasteiger partial charge in [-0.3, -0.25) is 4.99 Å². The van der Waals surface area contributed by atoms with Crippen LogP contribution in [-0.4, -0.2) is 35.8 Å². The van der Waals surface area contributed by atoms with Crippen molar-refractivity contribution in [1.82, 2.24) is 20.6 Å². The molecule has 0 aliphatic heterocycles. The van der Waals surface area contributed by atoms with Crippen LogP contribution in [0.4, 0.5) is 13.2 Å². The summed E-state index contributed by atoms with van der Waals surface area (Å²) in [5, 5.41) is 7.18. The molecule has 0 aliphatic rings. The third-order valence-corrected chi connectivity index (χ3v) is 3.85. The molecular formula is C15H19F3IN5OS. The van der Waals surface area contributed by atoms with Gasteiger partial charge in [0.15, 0.2) is 12.6 Å². The zero-order valence-electron chi connectivity index (χ0n) is 14.1. The first-order valence-corrected chi connectivity index (χ1v) is 8.17. The second kappa shape index (κ2) is 10.5. The number of aromatic nitrogens is 2. The maximum atomic E-state index is 12.1. The molecule has 0 bridgehead atoms. The standard InChI is InChI=1S/C15H18F3N5OS.HI/c1-10-5-21-13(25-10)8-23-14(19-2)22-7-11-3-4-12(20-6-11)24-9-15(16,17)18;/h3-6H,7-9H2,1-2H3,(H2,19,22,23);1H. The van der Waals surface area contributed by atoms with Gasteiger partial charge in [0.1, 0.15) is 5.01 Å². The van der Waals surface area contributed by atoms with Gasteiger partial charge < -0.3 is 15.4 Å². The molecule has 0 aliphatic carbocycles. The summed E-state index contributed by atoms with van der Waals surface area (Å²) in [6.07, 6.45) is -1.11. The number of thiazole rings is 1. The Kier molecular flexibility index (Phi) is 9.05. The zero-order chi connectivity index (χ0) is 18.3. The number of hydrogen-bond donors (Lipinski definition) is 2. The lowest BCUT2D eigenvalue weighted by Crippen LogP contribution is -2.36. The monoisotopic (exact) mass is 501 g/mol. The van der Waals surface area contributed by atoms with Crippen LogP contribution in [0.1, 0.15) is 15.4 Å². The van der Waals surface area contributed by atoms with Crippen LogP contribution >= 0.6 is 35.3 Å². The van der Waals surface area contributed by atoms with Gasteiger partial charge in [-0.25, -0.2) is 9.97 Å². The lowest BCUT2D eigenvalue weighted by molar-refractivity contribution is -0.154. The predicted octanol–water partition coefficient (Wildman–Crippen LogP) is 3.27. The second-order valence-electron chi connectivity index (χ2n) is 5.05. The maximum Gasteiger partial charge on any atom is 0.422 e. The fourth-order valence-electron chi connectivity index (χ4n) is 1.81. The molecule has 2 rings (SSSR count). The fourth-order valence-corrected chi connectivity index (χ4v) is 2.53. The number of hydrogen-bond acceptors (Lipinski definition) is 5. The molecule has 11 heteroatoms. The van der Waals surface area contributed by atoms with Gasteiger partial charge in [-0.1, -0.05) is 6.07 Å². The number of guanidine groups is 1. The third-order valence-electron chi connectivity index (χ3n) is 2.94. The summed E-state index contributed by atoms with van der Waals surface area (Å²) in [6.45, 7) is 1.61. The zero-order valence-corrected chi connectivity index (χ0v) is 17.3. The SMILES string of the molecule is CN=C(NCc1ccc(OCC(F)(F)F)nc1)NCc1ncc(C)s1.I. The van der Waals surface area contributed by atoms with Crippen LogP contribution < -0.4 is 15.4 Å². The lowest BCUT2D eigenvalue weighted by atomic mass is 10.3. The minimum Gasteiger partial charge on any atom is -0.468 e. The Morgan fingerprint density at radius 1 is 1.19 bits per heavy atom. The van der Waals surface area contributed by atoms with E-state index >= 15 is 0 Å². The maximum absolute atomic E-state index is 12.1. The van der Waals surface area contributed by atoms with E-state index in [0.29, 0.717) is 19.0 Å². The Balaban J connectivity index is 0.00000338. The summed E-state index contributed by atoms with van der Waals surface area (Å²) in [5.41, 5.74) is 0.785. The van der Waals surface area contributed by atoms with Crippen LogP contribution in [0.5, 0.6) is 5.88 Å². The smallest absolute Gasteiger partial charge is 0.422 e. The normalized spacial score (nSPS) is 11.7. The number of ether oxygens (including phenoxy) is 1. The highest BCUT2D eigenvalue weighted by atomic mass is 127. The molecule has 0 unspecified atom stereocenters. The third kappa shape index (κ3) is 8.17. The van der Waals surface area contributed by atoms with Crippen LogP contribution in [0.3, 0.4) is 0 Å². The molecule has 0 fully saturated rings. The number of rotatable bonds is 6. The second-order valence-corrected chi connectivity index (χ2v) is 6.37. The molecule has 0 radical (unpaired) electrons. The molecule has 0 atom stereocenters. The molecule has 0 aromatic carbocycles. The molecule has 6 nitrogen and oxygen atoms in total. The van der Waals surface area contributed by atoms with E-state index in [9.17, 15) is 13.2 Å². The van der Waals surface area contributed by atoms with Gasteiger partial charge in [-0.2, -0.15) is 13.2 Å². The number of aryl methyl sites for hydroxylation is 1. The van der Waals surface area contributed by atoms with Gasteiger partial charge in [0.2, 0.25) is 5.88 Å². The van der Waals surface area contributed by atoms with Crippen molar-refractivity contribution >= 4 is 41.3 Å². The first-order chi connectivity index (χ1) is 11.9. The molecule has 2 aromatic heterocycles. The van der Waals surface area contributed by atoms with Gasteiger partial charge in [0, 0.05) is 36.9 Å². The van der Waals surface area contributed by atoms with E-state index in [2.05, 4.69) is 30.3 Å². The van der Waals surface area contributed by atoms with Crippen molar-refractivity contribution in [3.8, 4) is 5.88 Å². The average Bonchev–Trinajstić information content (AvgIpc) is 2.99. The number of nitrogens with one attached hydrogen (secondary N) is 2. The number of nitrogens with zero attached hydrogens (tertiary/aromatic N) is 3. The first-order valence-electron chi connectivity index (χ1n) is 7.36. The van der Waals surface area contributed by atoms with E-state index < -0.39 is 12.8 Å². The Bertz CT molecular complexity index is 706. The van der Waals surface area contributed by atoms with Crippen molar-refractivity contribution in [2.24, 2.45) is 4.99 Å². The largest absolute Gasteiger partial charge is 0.468 e. The summed E-state index contributed by atoms with van der Waals surface area (Å²) in [5.74, 6) is 0.521. The van der Waals surface area contributed by atoms with Crippen LogP contribution in [-0.2, 0) is 13.1 Å². The summed E-state index contributed by atoms with van der Waals surface area (Å²) in [4.78, 5) is 13.3. The quantitative estimate of drug-likeness (QED) is 0.362. The molecule has 2 aromatic rings. The Labute approximate surface area is 170 Å². The number of pyridine rings is 1.